The van der Waals surface area contributed by atoms with Crippen LogP contribution >= 0.6 is 0 Å². The summed E-state index contributed by atoms with van der Waals surface area (Å²) in [4.78, 5) is 14.7. The Kier molecular flexibility index (Phi) is 5.65. The van der Waals surface area contributed by atoms with E-state index in [9.17, 15) is 0 Å². The zero-order valence-electron chi connectivity index (χ0n) is 24.1. The molecule has 0 amide bonds. The molecule has 4 fully saturated rings. The van der Waals surface area contributed by atoms with Crippen LogP contribution in [-0.2, 0) is 5.41 Å². The topological polar surface area (TPSA) is 51.8 Å². The van der Waals surface area contributed by atoms with Crippen molar-refractivity contribution >= 4 is 11.1 Å². The molecule has 43 heavy (non-hydrogen) atoms. The molecule has 0 unspecified atom stereocenters. The molecule has 4 aromatic carbocycles. The molecule has 0 aliphatic heterocycles. The highest BCUT2D eigenvalue weighted by Crippen LogP contribution is 2.61. The molecule has 4 aliphatic carbocycles. The largest absolute Gasteiger partial charge is 0.443 e. The second-order valence-corrected chi connectivity index (χ2v) is 13.2. The van der Waals surface area contributed by atoms with Gasteiger partial charge in [0.1, 0.15) is 5.52 Å². The van der Waals surface area contributed by atoms with Crippen molar-refractivity contribution in [1.29, 1.82) is 0 Å². The van der Waals surface area contributed by atoms with Gasteiger partial charge in [-0.1, -0.05) is 84.9 Å². The van der Waals surface area contributed by atoms with Crippen LogP contribution in [-0.4, -0.2) is 15.0 Å². The van der Waals surface area contributed by atoms with E-state index in [1.807, 2.05) is 24.3 Å². The van der Waals surface area contributed by atoms with E-state index in [1.54, 1.807) is 6.39 Å². The van der Waals surface area contributed by atoms with Gasteiger partial charge in [0, 0.05) is 16.7 Å². The lowest BCUT2D eigenvalue weighted by molar-refractivity contribution is -0.00455. The summed E-state index contributed by atoms with van der Waals surface area (Å²) >= 11 is 0. The Morgan fingerprint density at radius 3 is 1.74 bits per heavy atom. The molecule has 10 rings (SSSR count). The number of hydrogen-bond donors (Lipinski definition) is 0. The summed E-state index contributed by atoms with van der Waals surface area (Å²) in [6.45, 7) is 0. The number of oxazole rings is 1. The van der Waals surface area contributed by atoms with E-state index in [-0.39, 0.29) is 5.41 Å². The van der Waals surface area contributed by atoms with Crippen LogP contribution in [0.5, 0.6) is 0 Å². The van der Waals surface area contributed by atoms with E-state index < -0.39 is 0 Å². The van der Waals surface area contributed by atoms with Crippen molar-refractivity contribution < 1.29 is 4.42 Å². The zero-order chi connectivity index (χ0) is 28.4. The van der Waals surface area contributed by atoms with Gasteiger partial charge in [-0.25, -0.2) is 15.0 Å². The fraction of sp³-hybridized carbons (Fsp3) is 0.256. The molecule has 4 bridgehead atoms. The van der Waals surface area contributed by atoms with Crippen molar-refractivity contribution in [2.24, 2.45) is 17.8 Å². The third-order valence-electron chi connectivity index (χ3n) is 10.4. The number of aromatic nitrogens is 3. The van der Waals surface area contributed by atoms with Gasteiger partial charge in [-0.15, -0.1) is 0 Å². The van der Waals surface area contributed by atoms with Gasteiger partial charge < -0.3 is 4.42 Å². The highest BCUT2D eigenvalue weighted by Gasteiger charge is 2.52. The van der Waals surface area contributed by atoms with E-state index in [0.29, 0.717) is 0 Å². The smallest absolute Gasteiger partial charge is 0.181 e. The Balaban J connectivity index is 1.11. The van der Waals surface area contributed by atoms with Gasteiger partial charge in [0.15, 0.2) is 17.8 Å². The summed E-state index contributed by atoms with van der Waals surface area (Å²) < 4.78 is 5.96. The molecule has 4 aliphatic rings. The van der Waals surface area contributed by atoms with E-state index in [0.717, 1.165) is 62.8 Å². The Bertz CT molecular complexity index is 1850. The Morgan fingerprint density at radius 1 is 0.558 bits per heavy atom. The molecule has 0 atom stereocenters. The van der Waals surface area contributed by atoms with Gasteiger partial charge in [-0.3, -0.25) is 0 Å². The average molecular weight is 560 g/mol. The molecule has 0 spiro atoms. The minimum atomic E-state index is 0.252. The van der Waals surface area contributed by atoms with Gasteiger partial charge in [-0.2, -0.15) is 0 Å². The quantitative estimate of drug-likeness (QED) is 0.211. The molecule has 4 nitrogen and oxygen atoms in total. The van der Waals surface area contributed by atoms with Gasteiger partial charge in [0.2, 0.25) is 0 Å². The minimum absolute atomic E-state index is 0.252. The Labute approximate surface area is 251 Å². The normalized spacial score (nSPS) is 24.0. The summed E-state index contributed by atoms with van der Waals surface area (Å²) in [6.07, 6.45) is 9.86. The second kappa shape index (κ2) is 9.74. The van der Waals surface area contributed by atoms with E-state index in [1.165, 1.54) is 55.2 Å². The molecule has 0 saturated heterocycles. The lowest BCUT2D eigenvalue weighted by Gasteiger charge is -2.57. The first-order valence-electron chi connectivity index (χ1n) is 15.7. The van der Waals surface area contributed by atoms with E-state index in [2.05, 4.69) is 78.9 Å². The van der Waals surface area contributed by atoms with Crippen molar-refractivity contribution in [3.05, 3.63) is 115 Å². The van der Waals surface area contributed by atoms with Crippen LogP contribution in [0.3, 0.4) is 0 Å². The molecule has 2 aromatic heterocycles. The first-order valence-corrected chi connectivity index (χ1v) is 15.7. The molecule has 4 saturated carbocycles. The van der Waals surface area contributed by atoms with Crippen LogP contribution in [0.25, 0.3) is 56.1 Å². The van der Waals surface area contributed by atoms with Crippen molar-refractivity contribution in [2.75, 3.05) is 0 Å². The van der Waals surface area contributed by atoms with Gasteiger partial charge in [0.05, 0.1) is 11.4 Å². The Hall–Kier alpha value is -4.57. The predicted octanol–water partition coefficient (Wildman–Crippen LogP) is 9.75. The van der Waals surface area contributed by atoms with Gasteiger partial charge in [-0.05, 0) is 96.6 Å². The maximum atomic E-state index is 5.96. The van der Waals surface area contributed by atoms with Crippen LogP contribution in [0.2, 0.25) is 0 Å². The lowest BCUT2D eigenvalue weighted by Crippen LogP contribution is -2.48. The predicted molar refractivity (Wildman–Crippen MR) is 171 cm³/mol. The van der Waals surface area contributed by atoms with E-state index >= 15 is 0 Å². The standard InChI is InChI=1S/C39H33N3O/c1-3-7-29(8-4-1)34-20-35(42-38(41-34)31-9-5-2-6-10-31)30-13-11-28(12-14-30)32-18-33(37-36(19-32)43-24-40-37)39-21-25-15-26(22-39)17-27(16-25)23-39/h1-14,18-20,24-27H,15-17,21-23H2. The summed E-state index contributed by atoms with van der Waals surface area (Å²) in [5, 5.41) is 0. The summed E-state index contributed by atoms with van der Waals surface area (Å²) in [5.41, 5.74) is 11.1. The number of hydrogen-bond acceptors (Lipinski definition) is 4. The third-order valence-corrected chi connectivity index (χ3v) is 10.4. The molecular formula is C39H33N3O. The zero-order valence-corrected chi connectivity index (χ0v) is 24.1. The van der Waals surface area contributed by atoms with E-state index in [4.69, 9.17) is 19.4 Å². The fourth-order valence-corrected chi connectivity index (χ4v) is 8.88. The third kappa shape index (κ3) is 4.31. The lowest BCUT2D eigenvalue weighted by atomic mass is 9.48. The first kappa shape index (κ1) is 25.0. The molecule has 4 heteroatoms. The van der Waals surface area contributed by atoms with Crippen LogP contribution in [0.15, 0.2) is 114 Å². The number of benzene rings is 4. The SMILES string of the molecule is c1ccc(-c2cc(-c3ccc(-c4cc(C56CC7CC(CC(C7)C5)C6)c5ncoc5c4)cc3)nc(-c3ccccc3)n2)cc1. The summed E-state index contributed by atoms with van der Waals surface area (Å²) in [5.74, 6) is 3.37. The summed E-state index contributed by atoms with van der Waals surface area (Å²) in [7, 11) is 0. The van der Waals surface area contributed by atoms with Crippen molar-refractivity contribution in [1.82, 2.24) is 15.0 Å². The number of nitrogens with zero attached hydrogens (tertiary/aromatic N) is 3. The van der Waals surface area contributed by atoms with Crippen LogP contribution in [0, 0.1) is 17.8 Å². The maximum Gasteiger partial charge on any atom is 0.181 e. The molecule has 0 radical (unpaired) electrons. The summed E-state index contributed by atoms with van der Waals surface area (Å²) in [6, 6.07) is 36.1. The van der Waals surface area contributed by atoms with Crippen LogP contribution in [0.4, 0.5) is 0 Å². The van der Waals surface area contributed by atoms with Crippen LogP contribution < -0.4 is 0 Å². The molecule has 6 aromatic rings. The minimum Gasteiger partial charge on any atom is -0.443 e. The van der Waals surface area contributed by atoms with Crippen molar-refractivity contribution in [2.45, 2.75) is 43.9 Å². The maximum absolute atomic E-state index is 5.96. The average Bonchev–Trinajstić information content (AvgIpc) is 3.53. The van der Waals surface area contributed by atoms with Crippen molar-refractivity contribution in [3.8, 4) is 45.0 Å². The number of fused-ring (bicyclic) bond motifs is 1. The van der Waals surface area contributed by atoms with Gasteiger partial charge >= 0.3 is 0 Å². The second-order valence-electron chi connectivity index (χ2n) is 13.2. The molecule has 0 N–H and O–H groups in total. The highest BCUT2D eigenvalue weighted by molar-refractivity contribution is 5.85. The molecular weight excluding hydrogens is 526 g/mol. The van der Waals surface area contributed by atoms with Crippen molar-refractivity contribution in [3.63, 3.8) is 0 Å². The highest BCUT2D eigenvalue weighted by atomic mass is 16.3. The van der Waals surface area contributed by atoms with Gasteiger partial charge in [0.25, 0.3) is 0 Å². The monoisotopic (exact) mass is 559 g/mol. The number of rotatable bonds is 5. The molecule has 2 heterocycles. The first-order chi connectivity index (χ1) is 21.2. The fourth-order valence-electron chi connectivity index (χ4n) is 8.88. The van der Waals surface area contributed by atoms with Crippen LogP contribution in [0.1, 0.15) is 44.1 Å². The Morgan fingerprint density at radius 2 is 1.12 bits per heavy atom. The molecule has 210 valence electrons.